The number of fused-ring (bicyclic) bond motifs is 6. The van der Waals surface area contributed by atoms with Crippen molar-refractivity contribution in [2.45, 2.75) is 0 Å². The van der Waals surface area contributed by atoms with Crippen molar-refractivity contribution in [3.8, 4) is 56.3 Å². The molecule has 11 rings (SSSR count). The number of aromatic nitrogens is 1. The smallest absolute Gasteiger partial charge is 0.227 e. The topological polar surface area (TPSA) is 42.4 Å². The number of nitrogens with zero attached hydrogens (tertiary/aromatic N) is 2. The summed E-state index contributed by atoms with van der Waals surface area (Å²) in [5.41, 5.74) is 13.8. The molecule has 2 heterocycles. The molecule has 0 unspecified atom stereocenters. The average molecular weight is 679 g/mol. The lowest BCUT2D eigenvalue weighted by Gasteiger charge is -2.26. The van der Waals surface area contributed by atoms with Gasteiger partial charge >= 0.3 is 0 Å². The maximum absolute atomic E-state index is 6.41. The van der Waals surface area contributed by atoms with Crippen molar-refractivity contribution in [1.29, 1.82) is 0 Å². The molecule has 0 bridgehead atoms. The maximum atomic E-state index is 6.41. The third kappa shape index (κ3) is 4.73. The Morgan fingerprint density at radius 1 is 0.377 bits per heavy atom. The Kier molecular flexibility index (Phi) is 6.52. The molecule has 248 valence electrons. The third-order valence-corrected chi connectivity index (χ3v) is 10.5. The molecule has 10 aromatic rings. The molecule has 0 amide bonds. The van der Waals surface area contributed by atoms with Gasteiger partial charge in [-0.3, -0.25) is 0 Å². The van der Waals surface area contributed by atoms with Gasteiger partial charge in [0.1, 0.15) is 16.9 Å². The van der Waals surface area contributed by atoms with Crippen LogP contribution < -0.4 is 4.90 Å². The lowest BCUT2D eigenvalue weighted by molar-refractivity contribution is 0.590. The minimum Gasteiger partial charge on any atom is -0.456 e. The first kappa shape index (κ1) is 29.5. The van der Waals surface area contributed by atoms with Crippen molar-refractivity contribution in [2.24, 2.45) is 0 Å². The lowest BCUT2D eigenvalue weighted by Crippen LogP contribution is -2.09. The van der Waals surface area contributed by atoms with E-state index in [1.165, 1.54) is 27.5 Å². The van der Waals surface area contributed by atoms with E-state index in [1.807, 2.05) is 42.5 Å². The molecule has 0 N–H and O–H groups in total. The van der Waals surface area contributed by atoms with Crippen LogP contribution in [0.3, 0.4) is 0 Å². The number of furan rings is 1. The van der Waals surface area contributed by atoms with Crippen LogP contribution in [0.25, 0.3) is 89.0 Å². The Balaban J connectivity index is 1.00. The number of benzene rings is 8. The zero-order chi connectivity index (χ0) is 34.9. The van der Waals surface area contributed by atoms with E-state index in [4.69, 9.17) is 13.8 Å². The Bertz CT molecular complexity index is 2950. The van der Waals surface area contributed by atoms with Crippen LogP contribution >= 0.6 is 0 Å². The normalized spacial score (nSPS) is 11.8. The highest BCUT2D eigenvalue weighted by molar-refractivity contribution is 6.17. The van der Waals surface area contributed by atoms with Crippen LogP contribution in [0.1, 0.15) is 0 Å². The van der Waals surface area contributed by atoms with Gasteiger partial charge in [0.05, 0.1) is 0 Å². The summed E-state index contributed by atoms with van der Waals surface area (Å²) < 4.78 is 12.6. The molecule has 1 aliphatic carbocycles. The van der Waals surface area contributed by atoms with Crippen molar-refractivity contribution in [2.75, 3.05) is 4.90 Å². The third-order valence-electron chi connectivity index (χ3n) is 10.5. The first-order valence-corrected chi connectivity index (χ1v) is 17.9. The van der Waals surface area contributed by atoms with Gasteiger partial charge < -0.3 is 13.7 Å². The summed E-state index contributed by atoms with van der Waals surface area (Å²) in [6.45, 7) is 0. The van der Waals surface area contributed by atoms with E-state index in [1.54, 1.807) is 0 Å². The fraction of sp³-hybridized carbons (Fsp3) is 0. The van der Waals surface area contributed by atoms with Crippen LogP contribution in [0.15, 0.2) is 191 Å². The number of hydrogen-bond donors (Lipinski definition) is 0. The van der Waals surface area contributed by atoms with E-state index in [2.05, 4.69) is 144 Å². The molecule has 2 aromatic heterocycles. The van der Waals surface area contributed by atoms with Gasteiger partial charge in [0.25, 0.3) is 0 Å². The molecule has 4 heteroatoms. The van der Waals surface area contributed by atoms with Gasteiger partial charge in [0.15, 0.2) is 5.76 Å². The molecule has 4 nitrogen and oxygen atoms in total. The highest BCUT2D eigenvalue weighted by Crippen LogP contribution is 2.50. The lowest BCUT2D eigenvalue weighted by atomic mass is 9.94. The number of para-hydroxylation sites is 1. The van der Waals surface area contributed by atoms with Crippen LogP contribution in [0.4, 0.5) is 17.1 Å². The number of anilines is 3. The Labute approximate surface area is 305 Å². The summed E-state index contributed by atoms with van der Waals surface area (Å²) in [4.78, 5) is 7.29. The van der Waals surface area contributed by atoms with E-state index in [0.717, 1.165) is 72.7 Å². The first-order valence-electron chi connectivity index (χ1n) is 17.9. The standard InChI is InChI=1S/C49H30N2O2/c1-3-10-31(11-4-1)32-18-22-35(23-19-32)51(37-26-29-45-43(30-37)39-14-7-8-17-44(39)52-45)36-24-20-33(21-25-36)38-27-28-42-46-40(38)15-9-16-41(46)47-48(42)53-49(50-47)34-12-5-2-6-13-34/h1-30H. The Morgan fingerprint density at radius 3 is 1.75 bits per heavy atom. The highest BCUT2D eigenvalue weighted by Gasteiger charge is 2.29. The van der Waals surface area contributed by atoms with Crippen molar-refractivity contribution in [1.82, 2.24) is 4.98 Å². The van der Waals surface area contributed by atoms with Gasteiger partial charge in [-0.1, -0.05) is 115 Å². The van der Waals surface area contributed by atoms with Crippen molar-refractivity contribution >= 4 is 49.8 Å². The van der Waals surface area contributed by atoms with Crippen LogP contribution in [0.5, 0.6) is 0 Å². The van der Waals surface area contributed by atoms with Gasteiger partial charge in [-0.25, -0.2) is 4.98 Å². The maximum Gasteiger partial charge on any atom is 0.227 e. The summed E-state index contributed by atoms with van der Waals surface area (Å²) in [5.74, 6) is 1.49. The SMILES string of the molecule is c1ccc(-c2ccc(N(c3ccc(-c4ccc5c6c(cccc46)-c4nc(-c6ccccc6)oc4-5)cc3)c3ccc4oc5ccccc5c4c3)cc2)cc1. The van der Waals surface area contributed by atoms with Crippen molar-refractivity contribution < 1.29 is 8.83 Å². The predicted molar refractivity (Wildman–Crippen MR) is 217 cm³/mol. The second-order valence-corrected chi connectivity index (χ2v) is 13.5. The monoisotopic (exact) mass is 678 g/mol. The zero-order valence-electron chi connectivity index (χ0n) is 28.5. The van der Waals surface area contributed by atoms with E-state index in [0.29, 0.717) is 5.89 Å². The second kappa shape index (κ2) is 11.7. The Morgan fingerprint density at radius 2 is 0.981 bits per heavy atom. The molecule has 53 heavy (non-hydrogen) atoms. The fourth-order valence-electron chi connectivity index (χ4n) is 7.96. The minimum absolute atomic E-state index is 0.650. The van der Waals surface area contributed by atoms with Crippen LogP contribution in [-0.4, -0.2) is 4.98 Å². The molecular weight excluding hydrogens is 649 g/mol. The van der Waals surface area contributed by atoms with E-state index >= 15 is 0 Å². The number of hydrogen-bond acceptors (Lipinski definition) is 4. The summed E-state index contributed by atoms with van der Waals surface area (Å²) in [7, 11) is 0. The second-order valence-electron chi connectivity index (χ2n) is 13.5. The fourth-order valence-corrected chi connectivity index (χ4v) is 7.96. The van der Waals surface area contributed by atoms with Gasteiger partial charge in [0, 0.05) is 49.9 Å². The van der Waals surface area contributed by atoms with Crippen LogP contribution in [-0.2, 0) is 0 Å². The molecule has 0 spiro atoms. The highest BCUT2D eigenvalue weighted by atomic mass is 16.4. The van der Waals surface area contributed by atoms with E-state index < -0.39 is 0 Å². The van der Waals surface area contributed by atoms with Crippen LogP contribution in [0, 0.1) is 0 Å². The first-order chi connectivity index (χ1) is 26.3. The van der Waals surface area contributed by atoms with E-state index in [9.17, 15) is 0 Å². The number of oxazole rings is 1. The largest absolute Gasteiger partial charge is 0.456 e. The molecule has 0 fully saturated rings. The van der Waals surface area contributed by atoms with Gasteiger partial charge in [0.2, 0.25) is 5.89 Å². The van der Waals surface area contributed by atoms with Gasteiger partial charge in [-0.05, 0) is 94.4 Å². The minimum atomic E-state index is 0.650. The molecular formula is C49H30N2O2. The number of rotatable bonds is 6. The van der Waals surface area contributed by atoms with Crippen LogP contribution in [0.2, 0.25) is 0 Å². The summed E-state index contributed by atoms with van der Waals surface area (Å²) in [6, 6.07) is 63.9. The summed E-state index contributed by atoms with van der Waals surface area (Å²) >= 11 is 0. The Hall–Kier alpha value is -7.17. The molecule has 1 aliphatic rings. The molecule has 0 saturated heterocycles. The molecule has 0 radical (unpaired) electrons. The van der Waals surface area contributed by atoms with E-state index in [-0.39, 0.29) is 0 Å². The van der Waals surface area contributed by atoms with Gasteiger partial charge in [-0.2, -0.15) is 0 Å². The predicted octanol–water partition coefficient (Wildman–Crippen LogP) is 13.8. The average Bonchev–Trinajstić information content (AvgIpc) is 3.92. The molecule has 0 saturated carbocycles. The molecule has 0 atom stereocenters. The quantitative estimate of drug-likeness (QED) is 0.176. The van der Waals surface area contributed by atoms with Crippen molar-refractivity contribution in [3.05, 3.63) is 182 Å². The van der Waals surface area contributed by atoms with Gasteiger partial charge in [-0.15, -0.1) is 0 Å². The molecule has 8 aromatic carbocycles. The zero-order valence-corrected chi connectivity index (χ0v) is 28.5. The molecule has 0 aliphatic heterocycles. The summed E-state index contributed by atoms with van der Waals surface area (Å²) in [6.07, 6.45) is 0. The summed E-state index contributed by atoms with van der Waals surface area (Å²) in [5, 5.41) is 4.58. The van der Waals surface area contributed by atoms with Crippen molar-refractivity contribution in [3.63, 3.8) is 0 Å².